The van der Waals surface area contributed by atoms with E-state index in [0.717, 1.165) is 19.3 Å². The molecule has 11 nitrogen and oxygen atoms in total. The minimum Gasteiger partial charge on any atom is -0.462 e. The second kappa shape index (κ2) is 25.9. The minimum atomic E-state index is -4.61. The molecule has 0 bridgehead atoms. The molecule has 39 heavy (non-hydrogen) atoms. The summed E-state index contributed by atoms with van der Waals surface area (Å²) in [7, 11) is -4.61. The lowest BCUT2D eigenvalue weighted by Gasteiger charge is -2.20. The molecule has 0 amide bonds. The standard InChI is InChI=1S/C27H53O11P/c1-2-3-4-5-6-7-8-9-10-11-12-13-14-17-26(31)35-22-25(38-27(32)18-15-16-19-28)23-37-39(33,34)36-21-24(30)20-29/h24-25,28-30H,2-23H2,1H3,(H,33,34)/t24-,25+/m0/s1. The van der Waals surface area contributed by atoms with Crippen LogP contribution in [0.4, 0.5) is 0 Å². The average molecular weight is 585 g/mol. The molecule has 3 atom stereocenters. The van der Waals surface area contributed by atoms with Gasteiger partial charge in [-0.15, -0.1) is 0 Å². The van der Waals surface area contributed by atoms with Crippen LogP contribution < -0.4 is 0 Å². The molecule has 0 aliphatic rings. The summed E-state index contributed by atoms with van der Waals surface area (Å²) in [5.74, 6) is -1.09. The second-order valence-electron chi connectivity index (χ2n) is 9.86. The molecule has 0 aliphatic heterocycles. The Hall–Kier alpha value is -1.07. The quantitative estimate of drug-likeness (QED) is 0.0577. The van der Waals surface area contributed by atoms with Crippen molar-refractivity contribution in [3.63, 3.8) is 0 Å². The zero-order valence-corrected chi connectivity index (χ0v) is 24.7. The van der Waals surface area contributed by atoms with Crippen molar-refractivity contribution in [2.75, 3.05) is 33.0 Å². The third-order valence-corrected chi connectivity index (χ3v) is 7.02. The average Bonchev–Trinajstić information content (AvgIpc) is 2.91. The van der Waals surface area contributed by atoms with Gasteiger partial charge in [-0.25, -0.2) is 4.57 Å². The smallest absolute Gasteiger partial charge is 0.462 e. The van der Waals surface area contributed by atoms with Crippen LogP contribution in [0.2, 0.25) is 0 Å². The molecule has 0 spiro atoms. The molecule has 1 unspecified atom stereocenters. The Bertz CT molecular complexity index is 647. The lowest BCUT2D eigenvalue weighted by Crippen LogP contribution is -2.29. The number of carbonyl (C=O) groups excluding carboxylic acids is 2. The van der Waals surface area contributed by atoms with Crippen LogP contribution in [0, 0.1) is 0 Å². The van der Waals surface area contributed by atoms with Crippen LogP contribution in [0.3, 0.4) is 0 Å². The number of phosphoric ester groups is 1. The Morgan fingerprint density at radius 3 is 1.72 bits per heavy atom. The number of hydrogen-bond acceptors (Lipinski definition) is 10. The van der Waals surface area contributed by atoms with Crippen LogP contribution in [0.25, 0.3) is 0 Å². The summed E-state index contributed by atoms with van der Waals surface area (Å²) < 4.78 is 31.8. The molecular formula is C27H53O11P. The second-order valence-corrected chi connectivity index (χ2v) is 11.3. The van der Waals surface area contributed by atoms with Crippen molar-refractivity contribution < 1.29 is 52.9 Å². The molecule has 0 aliphatic carbocycles. The molecule has 0 saturated heterocycles. The zero-order valence-electron chi connectivity index (χ0n) is 23.8. The van der Waals surface area contributed by atoms with Gasteiger partial charge in [-0.1, -0.05) is 84.0 Å². The lowest BCUT2D eigenvalue weighted by atomic mass is 10.0. The maximum Gasteiger partial charge on any atom is 0.472 e. The van der Waals surface area contributed by atoms with Gasteiger partial charge in [0.25, 0.3) is 0 Å². The van der Waals surface area contributed by atoms with E-state index in [0.29, 0.717) is 19.3 Å². The van der Waals surface area contributed by atoms with Crippen LogP contribution in [-0.4, -0.2) is 77.4 Å². The Kier molecular flexibility index (Phi) is 25.2. The summed E-state index contributed by atoms with van der Waals surface area (Å²) in [4.78, 5) is 33.9. The predicted molar refractivity (Wildman–Crippen MR) is 147 cm³/mol. The minimum absolute atomic E-state index is 0.0138. The van der Waals surface area contributed by atoms with Crippen LogP contribution in [-0.2, 0) is 32.7 Å². The van der Waals surface area contributed by atoms with E-state index in [1.165, 1.54) is 57.8 Å². The van der Waals surface area contributed by atoms with Gasteiger partial charge in [0.2, 0.25) is 0 Å². The van der Waals surface area contributed by atoms with Gasteiger partial charge in [0.15, 0.2) is 6.10 Å². The van der Waals surface area contributed by atoms with Crippen LogP contribution in [0.1, 0.15) is 116 Å². The molecule has 0 saturated carbocycles. The van der Waals surface area contributed by atoms with Gasteiger partial charge in [-0.05, 0) is 19.3 Å². The number of unbranched alkanes of at least 4 members (excludes halogenated alkanes) is 13. The molecule has 0 rings (SSSR count). The Morgan fingerprint density at radius 2 is 1.18 bits per heavy atom. The molecule has 4 N–H and O–H groups in total. The molecule has 0 aromatic rings. The third-order valence-electron chi connectivity index (χ3n) is 6.07. The van der Waals surface area contributed by atoms with Crippen molar-refractivity contribution in [2.24, 2.45) is 0 Å². The normalized spacial score (nSPS) is 14.5. The van der Waals surface area contributed by atoms with Crippen LogP contribution in [0.15, 0.2) is 0 Å². The highest BCUT2D eigenvalue weighted by atomic mass is 31.2. The maximum atomic E-state index is 12.1. The van der Waals surface area contributed by atoms with Gasteiger partial charge in [-0.3, -0.25) is 18.6 Å². The molecule has 12 heteroatoms. The highest BCUT2D eigenvalue weighted by molar-refractivity contribution is 7.47. The van der Waals surface area contributed by atoms with E-state index in [-0.39, 0.29) is 26.1 Å². The summed E-state index contributed by atoms with van der Waals surface area (Å²) in [6.45, 7) is -0.0793. The fraction of sp³-hybridized carbons (Fsp3) is 0.926. The Morgan fingerprint density at radius 1 is 0.692 bits per heavy atom. The number of rotatable bonds is 28. The number of hydrogen-bond donors (Lipinski definition) is 4. The van der Waals surface area contributed by atoms with Gasteiger partial charge in [0, 0.05) is 19.4 Å². The number of carbonyl (C=O) groups is 2. The maximum absolute atomic E-state index is 12.1. The summed E-state index contributed by atoms with van der Waals surface area (Å²) in [6.07, 6.45) is 14.1. The number of phosphoric acid groups is 1. The molecule has 0 heterocycles. The molecular weight excluding hydrogens is 531 g/mol. The molecule has 0 fully saturated rings. The van der Waals surface area contributed by atoms with E-state index in [9.17, 15) is 24.2 Å². The molecule has 0 aromatic carbocycles. The zero-order chi connectivity index (χ0) is 29.2. The highest BCUT2D eigenvalue weighted by Crippen LogP contribution is 2.43. The first-order valence-electron chi connectivity index (χ1n) is 14.6. The first-order chi connectivity index (χ1) is 18.7. The van der Waals surface area contributed by atoms with E-state index in [1.54, 1.807) is 0 Å². The van der Waals surface area contributed by atoms with Crippen molar-refractivity contribution in [3.8, 4) is 0 Å². The predicted octanol–water partition coefficient (Wildman–Crippen LogP) is 4.57. The Balaban J connectivity index is 4.22. The molecule has 0 aromatic heterocycles. The fourth-order valence-electron chi connectivity index (χ4n) is 3.73. The van der Waals surface area contributed by atoms with Gasteiger partial charge >= 0.3 is 19.8 Å². The van der Waals surface area contributed by atoms with Gasteiger partial charge in [0.05, 0.1) is 19.8 Å². The number of esters is 2. The largest absolute Gasteiger partial charge is 0.472 e. The van der Waals surface area contributed by atoms with E-state index < -0.39 is 51.8 Å². The van der Waals surface area contributed by atoms with Crippen molar-refractivity contribution in [2.45, 2.75) is 128 Å². The summed E-state index contributed by atoms with van der Waals surface area (Å²) in [5.41, 5.74) is 0. The summed E-state index contributed by atoms with van der Waals surface area (Å²) in [5, 5.41) is 26.9. The fourth-order valence-corrected chi connectivity index (χ4v) is 4.52. The van der Waals surface area contributed by atoms with Crippen LogP contribution in [0.5, 0.6) is 0 Å². The van der Waals surface area contributed by atoms with Gasteiger partial charge in [0.1, 0.15) is 12.7 Å². The summed E-state index contributed by atoms with van der Waals surface area (Å²) in [6, 6.07) is 0. The van der Waals surface area contributed by atoms with E-state index in [2.05, 4.69) is 11.4 Å². The summed E-state index contributed by atoms with van der Waals surface area (Å²) >= 11 is 0. The lowest BCUT2D eigenvalue weighted by molar-refractivity contribution is -0.161. The number of aliphatic hydroxyl groups is 3. The molecule has 232 valence electrons. The first kappa shape index (κ1) is 37.9. The number of aliphatic hydroxyl groups excluding tert-OH is 3. The van der Waals surface area contributed by atoms with E-state index >= 15 is 0 Å². The third kappa shape index (κ3) is 25.6. The van der Waals surface area contributed by atoms with Crippen molar-refractivity contribution in [1.29, 1.82) is 0 Å². The monoisotopic (exact) mass is 584 g/mol. The first-order valence-corrected chi connectivity index (χ1v) is 16.1. The SMILES string of the molecule is CCCCCCCCCCCCCCCC(=O)OC[C@H](COP(=O)(O)OC[C@@H](O)CO)OC(=O)CCCCO. The highest BCUT2D eigenvalue weighted by Gasteiger charge is 2.27. The van der Waals surface area contributed by atoms with Crippen molar-refractivity contribution in [3.05, 3.63) is 0 Å². The Labute approximate surface area is 234 Å². The van der Waals surface area contributed by atoms with Crippen molar-refractivity contribution in [1.82, 2.24) is 0 Å². The van der Waals surface area contributed by atoms with Gasteiger partial charge in [-0.2, -0.15) is 0 Å². The van der Waals surface area contributed by atoms with E-state index in [4.69, 9.17) is 24.2 Å². The van der Waals surface area contributed by atoms with Crippen LogP contribution >= 0.6 is 7.82 Å². The topological polar surface area (TPSA) is 169 Å². The van der Waals surface area contributed by atoms with E-state index in [1.807, 2.05) is 0 Å². The molecule has 0 radical (unpaired) electrons. The van der Waals surface area contributed by atoms with Gasteiger partial charge < -0.3 is 29.7 Å². The number of ether oxygens (including phenoxy) is 2. The van der Waals surface area contributed by atoms with Crippen molar-refractivity contribution >= 4 is 19.8 Å².